The van der Waals surface area contributed by atoms with Crippen molar-refractivity contribution in [2.45, 2.75) is 56.8 Å². The summed E-state index contributed by atoms with van der Waals surface area (Å²) in [5.74, 6) is 0.248. The molecule has 0 spiro atoms. The van der Waals surface area contributed by atoms with E-state index in [0.717, 1.165) is 55.2 Å². The minimum Gasteiger partial charge on any atom is -0.355 e. The second kappa shape index (κ2) is 8.35. The Labute approximate surface area is 158 Å². The van der Waals surface area contributed by atoms with Crippen LogP contribution in [0, 0.1) is 0 Å². The molecule has 0 aromatic heterocycles. The maximum Gasteiger partial charge on any atom is 0.230 e. The average molecular weight is 407 g/mol. The minimum absolute atomic E-state index is 0.0738. The van der Waals surface area contributed by atoms with Gasteiger partial charge < -0.3 is 10.2 Å². The van der Waals surface area contributed by atoms with Gasteiger partial charge >= 0.3 is 0 Å². The number of benzene rings is 1. The highest BCUT2D eigenvalue weighted by atomic mass is 79.9. The van der Waals surface area contributed by atoms with Crippen LogP contribution >= 0.6 is 15.9 Å². The van der Waals surface area contributed by atoms with Crippen molar-refractivity contribution in [2.24, 2.45) is 0 Å². The molecular formula is C20H27BrN2O2. The van der Waals surface area contributed by atoms with Gasteiger partial charge in [0.1, 0.15) is 0 Å². The molecule has 1 aliphatic heterocycles. The van der Waals surface area contributed by atoms with Crippen LogP contribution in [0.15, 0.2) is 28.7 Å². The second-order valence-corrected chi connectivity index (χ2v) is 8.16. The first kappa shape index (κ1) is 18.4. The molecule has 25 heavy (non-hydrogen) atoms. The number of hydrogen-bond donors (Lipinski definition) is 1. The maximum absolute atomic E-state index is 12.8. The highest BCUT2D eigenvalue weighted by molar-refractivity contribution is 9.10. The van der Waals surface area contributed by atoms with Crippen molar-refractivity contribution >= 4 is 27.7 Å². The first-order valence-corrected chi connectivity index (χ1v) is 10.2. The van der Waals surface area contributed by atoms with Gasteiger partial charge in [0.05, 0.1) is 5.41 Å². The Balaban J connectivity index is 1.52. The SMILES string of the molecule is O=C(CCNC(=O)C1(c2ccc(Br)cc2)CCC1)N1CCCCCC1. The summed E-state index contributed by atoms with van der Waals surface area (Å²) in [4.78, 5) is 27.1. The van der Waals surface area contributed by atoms with Crippen LogP contribution in [-0.2, 0) is 15.0 Å². The van der Waals surface area contributed by atoms with Crippen molar-refractivity contribution in [2.75, 3.05) is 19.6 Å². The van der Waals surface area contributed by atoms with Crippen molar-refractivity contribution in [1.82, 2.24) is 10.2 Å². The molecule has 1 saturated heterocycles. The molecule has 1 saturated carbocycles. The Hall–Kier alpha value is -1.36. The molecule has 1 heterocycles. The second-order valence-electron chi connectivity index (χ2n) is 7.24. The smallest absolute Gasteiger partial charge is 0.230 e. The lowest BCUT2D eigenvalue weighted by Gasteiger charge is -2.40. The van der Waals surface area contributed by atoms with Crippen LogP contribution in [-0.4, -0.2) is 36.3 Å². The number of likely N-dealkylation sites (tertiary alicyclic amines) is 1. The summed E-state index contributed by atoms with van der Waals surface area (Å²) >= 11 is 3.45. The number of hydrogen-bond acceptors (Lipinski definition) is 2. The number of nitrogens with zero attached hydrogens (tertiary/aromatic N) is 1. The molecule has 1 aliphatic carbocycles. The van der Waals surface area contributed by atoms with Gasteiger partial charge in [-0.25, -0.2) is 0 Å². The Morgan fingerprint density at radius 2 is 1.64 bits per heavy atom. The van der Waals surface area contributed by atoms with E-state index in [1.54, 1.807) is 0 Å². The average Bonchev–Trinajstić information content (AvgIpc) is 2.85. The number of carbonyl (C=O) groups excluding carboxylic acids is 2. The van der Waals surface area contributed by atoms with E-state index in [4.69, 9.17) is 0 Å². The van der Waals surface area contributed by atoms with Gasteiger partial charge in [0.2, 0.25) is 11.8 Å². The minimum atomic E-state index is -0.396. The third-order valence-corrected chi connectivity index (χ3v) is 6.15. The van der Waals surface area contributed by atoms with Gasteiger partial charge in [-0.1, -0.05) is 47.3 Å². The maximum atomic E-state index is 12.8. The lowest BCUT2D eigenvalue weighted by atomic mass is 9.64. The normalized spacial score (nSPS) is 19.6. The quantitative estimate of drug-likeness (QED) is 0.808. The van der Waals surface area contributed by atoms with Crippen LogP contribution in [0.1, 0.15) is 56.9 Å². The number of nitrogens with one attached hydrogen (secondary N) is 1. The van der Waals surface area contributed by atoms with Gasteiger partial charge in [-0.15, -0.1) is 0 Å². The van der Waals surface area contributed by atoms with Gasteiger partial charge in [-0.2, -0.15) is 0 Å². The van der Waals surface area contributed by atoms with E-state index in [9.17, 15) is 9.59 Å². The summed E-state index contributed by atoms with van der Waals surface area (Å²) in [5.41, 5.74) is 0.685. The largest absolute Gasteiger partial charge is 0.355 e. The van der Waals surface area contributed by atoms with Crippen molar-refractivity contribution in [3.05, 3.63) is 34.3 Å². The third-order valence-electron chi connectivity index (χ3n) is 5.62. The monoisotopic (exact) mass is 406 g/mol. The molecule has 2 aliphatic rings. The van der Waals surface area contributed by atoms with E-state index in [0.29, 0.717) is 13.0 Å². The zero-order valence-electron chi connectivity index (χ0n) is 14.7. The molecule has 2 fully saturated rings. The lowest BCUT2D eigenvalue weighted by Crippen LogP contribution is -2.49. The molecule has 0 bridgehead atoms. The van der Waals surface area contributed by atoms with Gasteiger partial charge in [-0.05, 0) is 43.4 Å². The molecular weight excluding hydrogens is 380 g/mol. The van der Waals surface area contributed by atoms with Crippen molar-refractivity contribution < 1.29 is 9.59 Å². The van der Waals surface area contributed by atoms with Crippen LogP contribution in [0.3, 0.4) is 0 Å². The summed E-state index contributed by atoms with van der Waals surface area (Å²) in [5, 5.41) is 3.03. The van der Waals surface area contributed by atoms with Crippen LogP contribution < -0.4 is 5.32 Å². The molecule has 0 atom stereocenters. The molecule has 3 rings (SSSR count). The summed E-state index contributed by atoms with van der Waals surface area (Å²) in [6.07, 6.45) is 7.90. The molecule has 0 radical (unpaired) electrons. The first-order valence-electron chi connectivity index (χ1n) is 9.44. The lowest BCUT2D eigenvalue weighted by molar-refractivity contribution is -0.132. The van der Waals surface area contributed by atoms with E-state index >= 15 is 0 Å². The van der Waals surface area contributed by atoms with Crippen LogP contribution in [0.25, 0.3) is 0 Å². The van der Waals surface area contributed by atoms with Crippen LogP contribution in [0.2, 0.25) is 0 Å². The van der Waals surface area contributed by atoms with Crippen LogP contribution in [0.4, 0.5) is 0 Å². The first-order chi connectivity index (χ1) is 12.1. The molecule has 0 unspecified atom stereocenters. The third kappa shape index (κ3) is 4.25. The Morgan fingerprint density at radius 3 is 2.20 bits per heavy atom. The van der Waals surface area contributed by atoms with Crippen LogP contribution in [0.5, 0.6) is 0 Å². The van der Waals surface area contributed by atoms with Gasteiger partial charge in [-0.3, -0.25) is 9.59 Å². The fraction of sp³-hybridized carbons (Fsp3) is 0.600. The zero-order valence-corrected chi connectivity index (χ0v) is 16.3. The summed E-state index contributed by atoms with van der Waals surface area (Å²) in [7, 11) is 0. The Kier molecular flexibility index (Phi) is 6.15. The predicted octanol–water partition coefficient (Wildman–Crippen LogP) is 3.78. The summed E-state index contributed by atoms with van der Waals surface area (Å²) < 4.78 is 1.02. The standard InChI is InChI=1S/C20H27BrN2O2/c21-17-8-6-16(7-9-17)20(11-5-12-20)19(25)22-13-10-18(24)23-14-3-1-2-4-15-23/h6-9H,1-5,10-15H2,(H,22,25). The predicted molar refractivity (Wildman–Crippen MR) is 102 cm³/mol. The fourth-order valence-corrected chi connectivity index (χ4v) is 4.14. The van der Waals surface area contributed by atoms with Gasteiger partial charge in [0.15, 0.2) is 0 Å². The summed E-state index contributed by atoms with van der Waals surface area (Å²) in [6.45, 7) is 2.18. The van der Waals surface area contributed by atoms with E-state index in [1.165, 1.54) is 12.8 Å². The molecule has 1 N–H and O–H groups in total. The molecule has 1 aromatic carbocycles. The van der Waals surface area contributed by atoms with Crippen molar-refractivity contribution in [3.63, 3.8) is 0 Å². The van der Waals surface area contributed by atoms with E-state index < -0.39 is 5.41 Å². The number of amides is 2. The van der Waals surface area contributed by atoms with Crippen molar-refractivity contribution in [3.8, 4) is 0 Å². The molecule has 1 aromatic rings. The van der Waals surface area contributed by atoms with Gasteiger partial charge in [0, 0.05) is 30.5 Å². The van der Waals surface area contributed by atoms with E-state index in [-0.39, 0.29) is 11.8 Å². The molecule has 5 heteroatoms. The van der Waals surface area contributed by atoms with E-state index in [1.807, 2.05) is 29.2 Å². The number of carbonyl (C=O) groups is 2. The molecule has 4 nitrogen and oxygen atoms in total. The Bertz CT molecular complexity index is 603. The highest BCUT2D eigenvalue weighted by Gasteiger charge is 2.45. The topological polar surface area (TPSA) is 49.4 Å². The summed E-state index contributed by atoms with van der Waals surface area (Å²) in [6, 6.07) is 8.05. The van der Waals surface area contributed by atoms with Gasteiger partial charge in [0.25, 0.3) is 0 Å². The molecule has 136 valence electrons. The fourth-order valence-electron chi connectivity index (χ4n) is 3.88. The van der Waals surface area contributed by atoms with Crippen molar-refractivity contribution in [1.29, 1.82) is 0 Å². The number of rotatable bonds is 5. The highest BCUT2D eigenvalue weighted by Crippen LogP contribution is 2.44. The number of halogens is 1. The Morgan fingerprint density at radius 1 is 1.00 bits per heavy atom. The molecule has 2 amide bonds. The van der Waals surface area contributed by atoms with E-state index in [2.05, 4.69) is 21.2 Å². The zero-order chi connectivity index (χ0) is 17.7.